The first-order valence-corrected chi connectivity index (χ1v) is 9.68. The smallest absolute Gasteiger partial charge is 0.307 e. The van der Waals surface area contributed by atoms with E-state index in [0.29, 0.717) is 18.0 Å². The van der Waals surface area contributed by atoms with Crippen molar-refractivity contribution >= 4 is 28.9 Å². The zero-order chi connectivity index (χ0) is 18.5. The van der Waals surface area contributed by atoms with Gasteiger partial charge in [0, 0.05) is 17.5 Å². The van der Waals surface area contributed by atoms with Crippen molar-refractivity contribution in [1.29, 1.82) is 0 Å². The van der Waals surface area contributed by atoms with Crippen LogP contribution in [0.15, 0.2) is 23.6 Å². The molecule has 1 aliphatic heterocycles. The molecule has 0 spiro atoms. The van der Waals surface area contributed by atoms with Crippen LogP contribution in [0.2, 0.25) is 0 Å². The number of aryl methyl sites for hydroxylation is 1. The van der Waals surface area contributed by atoms with Gasteiger partial charge in [0.15, 0.2) is 6.61 Å². The average molecular weight is 374 g/mol. The van der Waals surface area contributed by atoms with Crippen LogP contribution in [0.5, 0.6) is 5.75 Å². The Labute approximate surface area is 156 Å². The highest BCUT2D eigenvalue weighted by Crippen LogP contribution is 2.36. The van der Waals surface area contributed by atoms with Gasteiger partial charge >= 0.3 is 5.97 Å². The van der Waals surface area contributed by atoms with Crippen molar-refractivity contribution in [3.05, 3.63) is 28.6 Å². The van der Waals surface area contributed by atoms with Gasteiger partial charge in [0.2, 0.25) is 0 Å². The number of hydrogen-bond acceptors (Lipinski definition) is 6. The minimum Gasteiger partial charge on any atom is -0.482 e. The number of fused-ring (bicyclic) bond motifs is 1. The molecule has 26 heavy (non-hydrogen) atoms. The largest absolute Gasteiger partial charge is 0.482 e. The van der Waals surface area contributed by atoms with Gasteiger partial charge in [0.25, 0.3) is 5.91 Å². The molecular weight excluding hydrogens is 352 g/mol. The van der Waals surface area contributed by atoms with Gasteiger partial charge in [-0.05, 0) is 38.0 Å². The lowest BCUT2D eigenvalue weighted by molar-refractivity contribution is -0.142. The summed E-state index contributed by atoms with van der Waals surface area (Å²) in [6.07, 6.45) is 2.17. The minimum atomic E-state index is -0.312. The zero-order valence-electron chi connectivity index (χ0n) is 15.0. The number of benzene rings is 1. The van der Waals surface area contributed by atoms with Crippen LogP contribution >= 0.6 is 11.3 Å². The first-order valence-electron chi connectivity index (χ1n) is 8.80. The van der Waals surface area contributed by atoms with Crippen LogP contribution in [-0.4, -0.2) is 36.6 Å². The number of esters is 1. The standard InChI is InChI=1S/C19H22N2O4S/c1-3-5-17-20-14(12-26-17)13-6-7-16-15(10-13)21(18(22)11-25-16)9-8-19(23)24-4-2/h6-7,10,12H,3-5,8-9,11H2,1-2H3. The third-order valence-electron chi connectivity index (χ3n) is 4.06. The van der Waals surface area contributed by atoms with Crippen molar-refractivity contribution in [3.8, 4) is 17.0 Å². The van der Waals surface area contributed by atoms with E-state index in [0.717, 1.165) is 29.1 Å². The molecule has 6 nitrogen and oxygen atoms in total. The summed E-state index contributed by atoms with van der Waals surface area (Å²) in [6.45, 7) is 4.48. The molecule has 0 atom stereocenters. The Bertz CT molecular complexity index is 803. The van der Waals surface area contributed by atoms with Gasteiger partial charge in [0.05, 0.1) is 29.4 Å². The molecule has 1 aromatic carbocycles. The van der Waals surface area contributed by atoms with Gasteiger partial charge in [-0.25, -0.2) is 4.98 Å². The first kappa shape index (κ1) is 18.4. The maximum absolute atomic E-state index is 12.3. The van der Waals surface area contributed by atoms with Gasteiger partial charge in [-0.15, -0.1) is 11.3 Å². The summed E-state index contributed by atoms with van der Waals surface area (Å²) < 4.78 is 10.5. The summed E-state index contributed by atoms with van der Waals surface area (Å²) in [4.78, 5) is 30.2. The monoisotopic (exact) mass is 374 g/mol. The Morgan fingerprint density at radius 2 is 2.23 bits per heavy atom. The highest BCUT2D eigenvalue weighted by atomic mass is 32.1. The number of thiazole rings is 1. The van der Waals surface area contributed by atoms with Crippen LogP contribution in [0.3, 0.4) is 0 Å². The molecule has 1 amide bonds. The van der Waals surface area contributed by atoms with E-state index in [9.17, 15) is 9.59 Å². The molecule has 138 valence electrons. The predicted octanol–water partition coefficient (Wildman–Crippen LogP) is 3.44. The fourth-order valence-electron chi connectivity index (χ4n) is 2.82. The molecule has 0 radical (unpaired) electrons. The van der Waals surface area contributed by atoms with Crippen molar-refractivity contribution < 1.29 is 19.1 Å². The van der Waals surface area contributed by atoms with Crippen molar-refractivity contribution in [2.75, 3.05) is 24.7 Å². The summed E-state index contributed by atoms with van der Waals surface area (Å²) in [5, 5.41) is 3.13. The predicted molar refractivity (Wildman–Crippen MR) is 101 cm³/mol. The average Bonchev–Trinajstić information content (AvgIpc) is 3.10. The van der Waals surface area contributed by atoms with Gasteiger partial charge in [0.1, 0.15) is 5.75 Å². The summed E-state index contributed by atoms with van der Waals surface area (Å²) in [7, 11) is 0. The van der Waals surface area contributed by atoms with Crippen LogP contribution in [0, 0.1) is 0 Å². The fraction of sp³-hybridized carbons (Fsp3) is 0.421. The molecule has 0 fully saturated rings. The third kappa shape index (κ3) is 4.04. The van der Waals surface area contributed by atoms with Gasteiger partial charge < -0.3 is 14.4 Å². The highest BCUT2D eigenvalue weighted by Gasteiger charge is 2.26. The molecule has 1 aromatic heterocycles. The molecule has 3 rings (SSSR count). The van der Waals surface area contributed by atoms with Crippen LogP contribution in [0.1, 0.15) is 31.7 Å². The van der Waals surface area contributed by atoms with Crippen molar-refractivity contribution in [2.45, 2.75) is 33.1 Å². The topological polar surface area (TPSA) is 68.7 Å². The molecule has 7 heteroatoms. The summed E-state index contributed by atoms with van der Waals surface area (Å²) in [5.74, 6) is 0.165. The van der Waals surface area contributed by atoms with E-state index in [-0.39, 0.29) is 31.4 Å². The molecule has 0 saturated heterocycles. The van der Waals surface area contributed by atoms with E-state index < -0.39 is 0 Å². The van der Waals surface area contributed by atoms with Crippen LogP contribution < -0.4 is 9.64 Å². The quantitative estimate of drug-likeness (QED) is 0.695. The Hall–Kier alpha value is -2.41. The Morgan fingerprint density at radius 1 is 1.38 bits per heavy atom. The Balaban J connectivity index is 1.84. The number of carbonyl (C=O) groups excluding carboxylic acids is 2. The third-order valence-corrected chi connectivity index (χ3v) is 4.97. The van der Waals surface area contributed by atoms with E-state index in [1.54, 1.807) is 23.2 Å². The molecule has 0 saturated carbocycles. The number of carbonyl (C=O) groups is 2. The van der Waals surface area contributed by atoms with Crippen molar-refractivity contribution in [2.24, 2.45) is 0 Å². The molecule has 2 aromatic rings. The van der Waals surface area contributed by atoms with Crippen molar-refractivity contribution in [3.63, 3.8) is 0 Å². The lowest BCUT2D eigenvalue weighted by Crippen LogP contribution is -2.40. The number of amides is 1. The van der Waals surface area contributed by atoms with E-state index in [2.05, 4.69) is 11.9 Å². The van der Waals surface area contributed by atoms with Crippen molar-refractivity contribution in [1.82, 2.24) is 4.98 Å². The van der Waals surface area contributed by atoms with Gasteiger partial charge in [-0.1, -0.05) is 6.92 Å². The number of hydrogen-bond donors (Lipinski definition) is 0. The molecule has 0 bridgehead atoms. The molecule has 2 heterocycles. The van der Waals surface area contributed by atoms with Crippen LogP contribution in [-0.2, 0) is 20.7 Å². The highest BCUT2D eigenvalue weighted by molar-refractivity contribution is 7.09. The number of ether oxygens (including phenoxy) is 2. The van der Waals surface area contributed by atoms with Crippen LogP contribution in [0.4, 0.5) is 5.69 Å². The van der Waals surface area contributed by atoms with E-state index in [1.807, 2.05) is 23.6 Å². The molecule has 0 unspecified atom stereocenters. The Kier molecular flexibility index (Phi) is 5.88. The maximum atomic E-state index is 12.3. The van der Waals surface area contributed by atoms with E-state index >= 15 is 0 Å². The van der Waals surface area contributed by atoms with E-state index in [4.69, 9.17) is 9.47 Å². The number of nitrogens with zero attached hydrogens (tertiary/aromatic N) is 2. The molecule has 1 aliphatic rings. The lowest BCUT2D eigenvalue weighted by atomic mass is 10.1. The van der Waals surface area contributed by atoms with Gasteiger partial charge in [-0.2, -0.15) is 0 Å². The molecular formula is C19H22N2O4S. The van der Waals surface area contributed by atoms with Gasteiger partial charge in [-0.3, -0.25) is 9.59 Å². The normalized spacial score (nSPS) is 13.3. The first-order chi connectivity index (χ1) is 12.6. The summed E-state index contributed by atoms with van der Waals surface area (Å²) in [5.41, 5.74) is 2.50. The minimum absolute atomic E-state index is 0.0213. The second-order valence-electron chi connectivity index (χ2n) is 5.95. The second-order valence-corrected chi connectivity index (χ2v) is 6.89. The summed E-state index contributed by atoms with van der Waals surface area (Å²) >= 11 is 1.64. The number of aromatic nitrogens is 1. The fourth-order valence-corrected chi connectivity index (χ4v) is 3.72. The lowest BCUT2D eigenvalue weighted by Gasteiger charge is -2.29. The second kappa shape index (κ2) is 8.31. The zero-order valence-corrected chi connectivity index (χ0v) is 15.8. The number of anilines is 1. The number of rotatable bonds is 7. The van der Waals surface area contributed by atoms with Crippen LogP contribution in [0.25, 0.3) is 11.3 Å². The summed E-state index contributed by atoms with van der Waals surface area (Å²) in [6, 6.07) is 5.71. The molecule has 0 aliphatic carbocycles. The maximum Gasteiger partial charge on any atom is 0.307 e. The van der Waals surface area contributed by atoms with E-state index in [1.165, 1.54) is 0 Å². The molecule has 0 N–H and O–H groups in total. The Morgan fingerprint density at radius 3 is 3.00 bits per heavy atom. The SMILES string of the molecule is CCCc1nc(-c2ccc3c(c2)N(CCC(=O)OCC)C(=O)CO3)cs1.